The van der Waals surface area contributed by atoms with Crippen LogP contribution in [0.25, 0.3) is 0 Å². The Morgan fingerprint density at radius 2 is 1.68 bits per heavy atom. The van der Waals surface area contributed by atoms with Crippen molar-refractivity contribution in [3.05, 3.63) is 0 Å². The first-order valence-electron chi connectivity index (χ1n) is 14.3. The Bertz CT molecular complexity index is 671. The normalized spacial score (nSPS) is 57.0. The first kappa shape index (κ1) is 23.1. The second-order valence-electron chi connectivity index (χ2n) is 14.4. The maximum Gasteiger partial charge on any atom is 0.00198 e. The summed E-state index contributed by atoms with van der Waals surface area (Å²) in [5.74, 6) is 7.96. The van der Waals surface area contributed by atoms with Gasteiger partial charge < -0.3 is 0 Å². The minimum atomic E-state index is 0.609. The van der Waals surface area contributed by atoms with Crippen LogP contribution in [-0.2, 0) is 0 Å². The summed E-state index contributed by atoms with van der Waals surface area (Å²) >= 11 is 4.91. The lowest BCUT2D eigenvalue weighted by atomic mass is 9.44. The fourth-order valence-corrected chi connectivity index (χ4v) is 11.4. The van der Waals surface area contributed by atoms with Crippen molar-refractivity contribution in [2.45, 2.75) is 124 Å². The Labute approximate surface area is 199 Å². The molecule has 0 spiro atoms. The van der Waals surface area contributed by atoms with E-state index in [1.54, 1.807) is 32.1 Å². The standard InChI is InChI=1S/C30H52S/c1-7-19(2)10-13-28(4)18-21-16-26-24-9-8-22-17-23(31)11-14-29(22,5)25(24)12-15-30(26,6)27(21)20(28)3/h19-27,31H,7-18H2,1-6H3. The van der Waals surface area contributed by atoms with Crippen molar-refractivity contribution in [3.8, 4) is 0 Å². The molecule has 0 nitrogen and oxygen atoms in total. The van der Waals surface area contributed by atoms with Crippen molar-refractivity contribution in [2.75, 3.05) is 0 Å². The Hall–Kier alpha value is 0.350. The fraction of sp³-hybridized carbons (Fsp3) is 1.00. The third-order valence-electron chi connectivity index (χ3n) is 13.2. The zero-order valence-corrected chi connectivity index (χ0v) is 22.5. The average Bonchev–Trinajstić information content (AvgIpc) is 3.17. The van der Waals surface area contributed by atoms with Crippen LogP contribution in [0.15, 0.2) is 0 Å². The van der Waals surface area contributed by atoms with Gasteiger partial charge in [0.05, 0.1) is 0 Å². The van der Waals surface area contributed by atoms with E-state index in [2.05, 4.69) is 41.5 Å². The molecular formula is C30H52S. The third-order valence-corrected chi connectivity index (χ3v) is 13.6. The quantitative estimate of drug-likeness (QED) is 0.411. The predicted molar refractivity (Wildman–Crippen MR) is 137 cm³/mol. The number of thiol groups is 1. The van der Waals surface area contributed by atoms with Crippen LogP contribution in [0.5, 0.6) is 0 Å². The average molecular weight is 445 g/mol. The van der Waals surface area contributed by atoms with E-state index in [4.69, 9.17) is 12.6 Å². The highest BCUT2D eigenvalue weighted by molar-refractivity contribution is 7.80. The number of hydrogen-bond donors (Lipinski definition) is 1. The lowest BCUT2D eigenvalue weighted by molar-refractivity contribution is -0.116. The molecule has 0 radical (unpaired) electrons. The maximum absolute atomic E-state index is 4.91. The second-order valence-corrected chi connectivity index (χ2v) is 15.1. The third kappa shape index (κ3) is 3.43. The van der Waals surface area contributed by atoms with Gasteiger partial charge in [0, 0.05) is 5.25 Å². The van der Waals surface area contributed by atoms with E-state index in [1.165, 1.54) is 44.9 Å². The zero-order chi connectivity index (χ0) is 22.2. The summed E-state index contributed by atoms with van der Waals surface area (Å²) < 4.78 is 0. The van der Waals surface area contributed by atoms with Gasteiger partial charge in [-0.05, 0) is 128 Å². The molecule has 12 atom stereocenters. The molecule has 5 fully saturated rings. The SMILES string of the molecule is CCC(C)CCC1(C)CC2CC3C4CCC5CC(S)CCC5(C)C4CCC3(C)C2C1C. The van der Waals surface area contributed by atoms with Gasteiger partial charge in [-0.3, -0.25) is 0 Å². The topological polar surface area (TPSA) is 0 Å². The largest absolute Gasteiger partial charge is 0.176 e. The molecule has 0 aromatic carbocycles. The van der Waals surface area contributed by atoms with Gasteiger partial charge in [-0.1, -0.05) is 54.4 Å². The van der Waals surface area contributed by atoms with Gasteiger partial charge in [0.25, 0.3) is 0 Å². The van der Waals surface area contributed by atoms with E-state index in [0.29, 0.717) is 21.5 Å². The molecule has 0 heterocycles. The lowest BCUT2D eigenvalue weighted by Gasteiger charge is -2.61. The Morgan fingerprint density at radius 1 is 0.935 bits per heavy atom. The first-order valence-corrected chi connectivity index (χ1v) is 14.8. The summed E-state index contributed by atoms with van der Waals surface area (Å²) in [6.07, 6.45) is 17.8. The van der Waals surface area contributed by atoms with Crippen LogP contribution in [0.1, 0.15) is 119 Å². The van der Waals surface area contributed by atoms with Gasteiger partial charge in [0.15, 0.2) is 0 Å². The zero-order valence-electron chi connectivity index (χ0n) is 21.6. The lowest BCUT2D eigenvalue weighted by Crippen LogP contribution is -2.54. The molecule has 0 bridgehead atoms. The van der Waals surface area contributed by atoms with Crippen molar-refractivity contribution in [1.29, 1.82) is 0 Å². The minimum absolute atomic E-state index is 0.609. The van der Waals surface area contributed by atoms with Crippen molar-refractivity contribution in [2.24, 2.45) is 63.6 Å². The summed E-state index contributed by atoms with van der Waals surface area (Å²) in [6, 6.07) is 0. The predicted octanol–water partition coefficient (Wildman–Crippen LogP) is 9.04. The van der Waals surface area contributed by atoms with Crippen molar-refractivity contribution >= 4 is 12.6 Å². The summed E-state index contributed by atoms with van der Waals surface area (Å²) in [5.41, 5.74) is 1.89. The molecule has 0 aromatic heterocycles. The van der Waals surface area contributed by atoms with E-state index < -0.39 is 0 Å². The van der Waals surface area contributed by atoms with Gasteiger partial charge in [0.1, 0.15) is 0 Å². The van der Waals surface area contributed by atoms with Gasteiger partial charge in [-0.25, -0.2) is 0 Å². The second kappa shape index (κ2) is 7.95. The Balaban J connectivity index is 1.35. The molecule has 12 unspecified atom stereocenters. The highest BCUT2D eigenvalue weighted by Crippen LogP contribution is 2.73. The maximum atomic E-state index is 4.91. The number of rotatable bonds is 4. The van der Waals surface area contributed by atoms with Crippen molar-refractivity contribution < 1.29 is 0 Å². The van der Waals surface area contributed by atoms with Crippen LogP contribution in [0.3, 0.4) is 0 Å². The summed E-state index contributed by atoms with van der Waals surface area (Å²) in [7, 11) is 0. The van der Waals surface area contributed by atoms with Crippen LogP contribution in [-0.4, -0.2) is 5.25 Å². The molecule has 31 heavy (non-hydrogen) atoms. The highest BCUT2D eigenvalue weighted by Gasteiger charge is 2.66. The first-order chi connectivity index (χ1) is 14.6. The van der Waals surface area contributed by atoms with Crippen LogP contribution in [0.4, 0.5) is 0 Å². The van der Waals surface area contributed by atoms with Crippen molar-refractivity contribution in [3.63, 3.8) is 0 Å². The van der Waals surface area contributed by atoms with Gasteiger partial charge >= 0.3 is 0 Å². The van der Waals surface area contributed by atoms with Crippen LogP contribution >= 0.6 is 12.6 Å². The fourth-order valence-electron chi connectivity index (χ4n) is 11.0. The molecule has 5 aliphatic rings. The monoisotopic (exact) mass is 444 g/mol. The summed E-state index contributed by atoms with van der Waals surface area (Å²) in [6.45, 7) is 15.7. The van der Waals surface area contributed by atoms with Crippen molar-refractivity contribution in [1.82, 2.24) is 0 Å². The molecule has 0 N–H and O–H groups in total. The highest BCUT2D eigenvalue weighted by atomic mass is 32.1. The molecule has 0 amide bonds. The molecule has 0 aromatic rings. The van der Waals surface area contributed by atoms with Gasteiger partial charge in [-0.15, -0.1) is 0 Å². The number of hydrogen-bond acceptors (Lipinski definition) is 1. The molecule has 0 saturated heterocycles. The minimum Gasteiger partial charge on any atom is -0.176 e. The van der Waals surface area contributed by atoms with E-state index in [0.717, 1.165) is 47.3 Å². The molecule has 0 aliphatic heterocycles. The number of fused-ring (bicyclic) bond motifs is 7. The molecule has 178 valence electrons. The van der Waals surface area contributed by atoms with E-state index in [1.807, 2.05) is 0 Å². The van der Waals surface area contributed by atoms with Gasteiger partial charge in [0.2, 0.25) is 0 Å². The molecule has 5 rings (SSSR count). The Kier molecular flexibility index (Phi) is 5.93. The van der Waals surface area contributed by atoms with Gasteiger partial charge in [-0.2, -0.15) is 12.6 Å². The molecule has 5 aliphatic carbocycles. The smallest absolute Gasteiger partial charge is 0.00198 e. The van der Waals surface area contributed by atoms with Crippen LogP contribution in [0.2, 0.25) is 0 Å². The van der Waals surface area contributed by atoms with E-state index in [-0.39, 0.29) is 0 Å². The Morgan fingerprint density at radius 3 is 2.42 bits per heavy atom. The van der Waals surface area contributed by atoms with E-state index in [9.17, 15) is 0 Å². The van der Waals surface area contributed by atoms with Crippen LogP contribution < -0.4 is 0 Å². The summed E-state index contributed by atoms with van der Waals surface area (Å²) in [5, 5.41) is 0.684. The van der Waals surface area contributed by atoms with Crippen LogP contribution in [0, 0.1) is 63.6 Å². The molecular weight excluding hydrogens is 392 g/mol. The summed E-state index contributed by atoms with van der Waals surface area (Å²) in [4.78, 5) is 0. The van der Waals surface area contributed by atoms with E-state index >= 15 is 0 Å². The molecule has 1 heteroatoms. The molecule has 5 saturated carbocycles.